The number of benzene rings is 1. The minimum Gasteiger partial charge on any atom is -0.479 e. The molecule has 0 saturated carbocycles. The Morgan fingerprint density at radius 3 is 2.83 bits per heavy atom. The third-order valence-corrected chi connectivity index (χ3v) is 4.15. The van der Waals surface area contributed by atoms with Gasteiger partial charge in [0.2, 0.25) is 0 Å². The molecule has 1 saturated heterocycles. The van der Waals surface area contributed by atoms with Gasteiger partial charge in [-0.3, -0.25) is 4.79 Å². The molecule has 0 radical (unpaired) electrons. The molecule has 1 unspecified atom stereocenters. The summed E-state index contributed by atoms with van der Waals surface area (Å²) in [6.07, 6.45) is 1.95. The number of hydrogen-bond acceptors (Lipinski definition) is 4. The first-order valence-electron chi connectivity index (χ1n) is 7.09. The maximum absolute atomic E-state index is 12.5. The van der Waals surface area contributed by atoms with Gasteiger partial charge in [-0.15, -0.1) is 0 Å². The Labute approximate surface area is 147 Å². The molecular formula is C15H13Cl2N3O4. The number of carbonyl (C=O) groups is 2. The van der Waals surface area contributed by atoms with E-state index in [9.17, 15) is 9.59 Å². The van der Waals surface area contributed by atoms with E-state index in [-0.39, 0.29) is 19.1 Å². The van der Waals surface area contributed by atoms with Crippen LogP contribution in [0.5, 0.6) is 0 Å². The highest BCUT2D eigenvalue weighted by Crippen LogP contribution is 2.24. The van der Waals surface area contributed by atoms with Gasteiger partial charge >= 0.3 is 5.97 Å². The highest BCUT2D eigenvalue weighted by atomic mass is 35.5. The minimum atomic E-state index is -1.09. The van der Waals surface area contributed by atoms with E-state index in [2.05, 4.69) is 5.10 Å². The number of hydrogen-bond donors (Lipinski definition) is 1. The van der Waals surface area contributed by atoms with E-state index in [1.807, 2.05) is 0 Å². The Hall–Kier alpha value is -2.09. The van der Waals surface area contributed by atoms with E-state index in [4.69, 9.17) is 33.0 Å². The summed E-state index contributed by atoms with van der Waals surface area (Å²) in [6.45, 7) is 0.510. The molecule has 24 heavy (non-hydrogen) atoms. The molecule has 7 nitrogen and oxygen atoms in total. The van der Waals surface area contributed by atoms with Gasteiger partial charge in [-0.05, 0) is 18.2 Å². The van der Waals surface area contributed by atoms with E-state index in [0.29, 0.717) is 27.8 Å². The topological polar surface area (TPSA) is 84.7 Å². The van der Waals surface area contributed by atoms with Gasteiger partial charge in [0, 0.05) is 17.8 Å². The predicted octanol–water partition coefficient (Wildman–Crippen LogP) is 2.10. The van der Waals surface area contributed by atoms with Crippen LogP contribution in [0, 0.1) is 0 Å². The van der Waals surface area contributed by atoms with Crippen molar-refractivity contribution in [1.82, 2.24) is 14.7 Å². The first-order chi connectivity index (χ1) is 11.5. The summed E-state index contributed by atoms with van der Waals surface area (Å²) in [5, 5.41) is 14.1. The molecule has 1 fully saturated rings. The van der Waals surface area contributed by atoms with Crippen molar-refractivity contribution in [2.45, 2.75) is 6.10 Å². The van der Waals surface area contributed by atoms with Gasteiger partial charge in [0.05, 0.1) is 35.6 Å². The molecule has 1 aromatic carbocycles. The molecule has 3 rings (SSSR count). The van der Waals surface area contributed by atoms with Crippen molar-refractivity contribution in [3.8, 4) is 5.69 Å². The Bertz CT molecular complexity index is 793. The van der Waals surface area contributed by atoms with Crippen LogP contribution in [0.3, 0.4) is 0 Å². The van der Waals surface area contributed by atoms with Gasteiger partial charge in [-0.25, -0.2) is 9.48 Å². The number of rotatable bonds is 3. The van der Waals surface area contributed by atoms with Crippen LogP contribution in [0.2, 0.25) is 10.0 Å². The third-order valence-electron chi connectivity index (χ3n) is 3.62. The second-order valence-electron chi connectivity index (χ2n) is 5.22. The molecule has 1 N–H and O–H groups in total. The number of amides is 1. The maximum Gasteiger partial charge on any atom is 0.334 e. The SMILES string of the molecule is O=C(O)C1CN(C(=O)c2cnn(-c3ccc(Cl)cc3Cl)c2)CCO1. The highest BCUT2D eigenvalue weighted by Gasteiger charge is 2.30. The number of halogens is 2. The van der Waals surface area contributed by atoms with Crippen LogP contribution in [0.4, 0.5) is 0 Å². The smallest absolute Gasteiger partial charge is 0.334 e. The van der Waals surface area contributed by atoms with Crippen molar-refractivity contribution >= 4 is 35.1 Å². The number of aliphatic carboxylic acids is 1. The first-order valence-corrected chi connectivity index (χ1v) is 7.85. The Morgan fingerprint density at radius 2 is 2.12 bits per heavy atom. The van der Waals surface area contributed by atoms with Crippen molar-refractivity contribution in [2.24, 2.45) is 0 Å². The van der Waals surface area contributed by atoms with Crippen LogP contribution in [0.1, 0.15) is 10.4 Å². The summed E-state index contributed by atoms with van der Waals surface area (Å²) in [7, 11) is 0. The van der Waals surface area contributed by atoms with Crippen LogP contribution in [-0.4, -0.2) is 57.5 Å². The first kappa shape index (κ1) is 16.8. The van der Waals surface area contributed by atoms with Gasteiger partial charge in [-0.1, -0.05) is 23.2 Å². The van der Waals surface area contributed by atoms with Crippen LogP contribution < -0.4 is 0 Å². The third kappa shape index (κ3) is 3.38. The van der Waals surface area contributed by atoms with Crippen LogP contribution >= 0.6 is 23.2 Å². The fourth-order valence-corrected chi connectivity index (χ4v) is 2.89. The summed E-state index contributed by atoms with van der Waals surface area (Å²) in [4.78, 5) is 25.0. The molecule has 1 aliphatic heterocycles. The summed E-state index contributed by atoms with van der Waals surface area (Å²) in [5.74, 6) is -1.39. The van der Waals surface area contributed by atoms with Crippen LogP contribution in [0.25, 0.3) is 5.69 Å². The lowest BCUT2D eigenvalue weighted by atomic mass is 10.2. The number of carboxylic acid groups (broad SMARTS) is 1. The monoisotopic (exact) mass is 369 g/mol. The molecule has 2 aromatic rings. The standard InChI is InChI=1S/C15H13Cl2N3O4/c16-10-1-2-12(11(17)5-10)20-7-9(6-18-20)14(21)19-3-4-24-13(8-19)15(22)23/h1-2,5-7,13H,3-4,8H2,(H,22,23). The molecular weight excluding hydrogens is 357 g/mol. The largest absolute Gasteiger partial charge is 0.479 e. The van der Waals surface area contributed by atoms with E-state index in [0.717, 1.165) is 0 Å². The van der Waals surface area contributed by atoms with Gasteiger partial charge in [0.1, 0.15) is 0 Å². The van der Waals surface area contributed by atoms with Crippen LogP contribution in [-0.2, 0) is 9.53 Å². The molecule has 1 aliphatic rings. The van der Waals surface area contributed by atoms with E-state index >= 15 is 0 Å². The fourth-order valence-electron chi connectivity index (χ4n) is 2.40. The number of morpholine rings is 1. The van der Waals surface area contributed by atoms with Crippen LogP contribution in [0.15, 0.2) is 30.6 Å². The fraction of sp³-hybridized carbons (Fsp3) is 0.267. The molecule has 0 spiro atoms. The average Bonchev–Trinajstić information content (AvgIpc) is 3.04. The lowest BCUT2D eigenvalue weighted by molar-refractivity contribution is -0.154. The molecule has 0 aliphatic carbocycles. The number of ether oxygens (including phenoxy) is 1. The summed E-state index contributed by atoms with van der Waals surface area (Å²) in [5.41, 5.74) is 0.928. The number of carbonyl (C=O) groups excluding carboxylic acids is 1. The highest BCUT2D eigenvalue weighted by molar-refractivity contribution is 6.35. The van der Waals surface area contributed by atoms with E-state index < -0.39 is 12.1 Å². The maximum atomic E-state index is 12.5. The average molecular weight is 370 g/mol. The second-order valence-corrected chi connectivity index (χ2v) is 6.06. The lowest BCUT2D eigenvalue weighted by Gasteiger charge is -2.30. The van der Waals surface area contributed by atoms with Gasteiger partial charge < -0.3 is 14.7 Å². The van der Waals surface area contributed by atoms with Crippen molar-refractivity contribution in [2.75, 3.05) is 19.7 Å². The second kappa shape index (κ2) is 6.80. The van der Waals surface area contributed by atoms with Gasteiger partial charge in [0.25, 0.3) is 5.91 Å². The number of carboxylic acids is 1. The molecule has 9 heteroatoms. The van der Waals surface area contributed by atoms with Crippen molar-refractivity contribution in [3.05, 3.63) is 46.2 Å². The van der Waals surface area contributed by atoms with Crippen molar-refractivity contribution in [3.63, 3.8) is 0 Å². The molecule has 126 valence electrons. The van der Waals surface area contributed by atoms with Crippen molar-refractivity contribution < 1.29 is 19.4 Å². The normalized spacial score (nSPS) is 17.8. The molecule has 0 bridgehead atoms. The van der Waals surface area contributed by atoms with Crippen molar-refractivity contribution in [1.29, 1.82) is 0 Å². The molecule has 1 amide bonds. The Kier molecular flexibility index (Phi) is 4.75. The van der Waals surface area contributed by atoms with E-state index in [1.165, 1.54) is 15.8 Å². The zero-order valence-electron chi connectivity index (χ0n) is 12.4. The zero-order valence-corrected chi connectivity index (χ0v) is 13.9. The summed E-state index contributed by atoms with van der Waals surface area (Å²) in [6, 6.07) is 4.95. The predicted molar refractivity (Wildman–Crippen MR) is 86.9 cm³/mol. The zero-order chi connectivity index (χ0) is 17.3. The summed E-state index contributed by atoms with van der Waals surface area (Å²) < 4.78 is 6.59. The Morgan fingerprint density at radius 1 is 1.33 bits per heavy atom. The Balaban J connectivity index is 1.80. The van der Waals surface area contributed by atoms with Gasteiger partial charge in [-0.2, -0.15) is 5.10 Å². The molecule has 1 atom stereocenters. The number of nitrogens with zero attached hydrogens (tertiary/aromatic N) is 3. The molecule has 2 heterocycles. The summed E-state index contributed by atoms with van der Waals surface area (Å²) >= 11 is 12.0. The van der Waals surface area contributed by atoms with E-state index in [1.54, 1.807) is 24.4 Å². The number of aromatic nitrogens is 2. The van der Waals surface area contributed by atoms with Gasteiger partial charge in [0.15, 0.2) is 6.10 Å². The quantitative estimate of drug-likeness (QED) is 0.895. The molecule has 1 aromatic heterocycles. The minimum absolute atomic E-state index is 0.00104. The lowest BCUT2D eigenvalue weighted by Crippen LogP contribution is -2.48.